The molecule has 0 spiro atoms. The number of benzene rings is 1. The van der Waals surface area contributed by atoms with E-state index in [4.69, 9.17) is 24.2 Å². The Labute approximate surface area is 331 Å². The molecule has 3 aliphatic rings. The Bertz CT molecular complexity index is 1920. The van der Waals surface area contributed by atoms with Crippen LogP contribution in [0.1, 0.15) is 89.0 Å². The molecule has 56 heavy (non-hydrogen) atoms. The Morgan fingerprint density at radius 1 is 0.375 bits per heavy atom. The molecule has 0 N–H and O–H groups in total. The molecule has 0 saturated heterocycles. The first-order valence-corrected chi connectivity index (χ1v) is 20.6. The van der Waals surface area contributed by atoms with E-state index in [1.54, 1.807) is 6.20 Å². The quantitative estimate of drug-likeness (QED) is 0.173. The number of pyridine rings is 5. The molecule has 0 fully saturated rings. The first-order chi connectivity index (χ1) is 27.8. The van der Waals surface area contributed by atoms with Gasteiger partial charge in [0.25, 0.3) is 0 Å². The lowest BCUT2D eigenvalue weighted by Gasteiger charge is -2.18. The fraction of sp³-hybridized carbons (Fsp3) is 0.354. The van der Waals surface area contributed by atoms with E-state index in [1.165, 1.54) is 37.7 Å². The third-order valence-electron chi connectivity index (χ3n) is 10.2. The summed E-state index contributed by atoms with van der Waals surface area (Å²) in [5.41, 5.74) is 8.29. The van der Waals surface area contributed by atoms with Crippen LogP contribution in [0.4, 0.5) is 0 Å². The van der Waals surface area contributed by atoms with Crippen LogP contribution in [-0.2, 0) is 6.42 Å². The zero-order chi connectivity index (χ0) is 38.0. The molecule has 8 bridgehead atoms. The zero-order valence-electron chi connectivity index (χ0n) is 32.5. The van der Waals surface area contributed by atoms with E-state index in [-0.39, 0.29) is 0 Å². The van der Waals surface area contributed by atoms with Gasteiger partial charge in [-0.3, -0.25) is 19.9 Å². The van der Waals surface area contributed by atoms with Crippen molar-refractivity contribution in [2.45, 2.75) is 89.9 Å². The standard InChI is InChI=1S/C48H53N5O3/c1-2-6-10-19-37-24-26-43(51-35-37)45-22-18-23-46(53-45)44-27-25-38(36-52-44)54-30-15-7-4-5-9-17-32-56-48-34-47(55-31-16-8-3-1)39(41-20-11-13-28-49-41)33-40(48)42-21-12-14-29-50-42/h11-14,18,20-29,33-36H,1-10,15-17,19,30-32H2. The summed E-state index contributed by atoms with van der Waals surface area (Å²) >= 11 is 0. The number of fused-ring (bicyclic) bond motifs is 2. The number of hydrogen-bond acceptors (Lipinski definition) is 8. The summed E-state index contributed by atoms with van der Waals surface area (Å²) in [5, 5.41) is 0. The number of nitrogens with zero attached hydrogens (tertiary/aromatic N) is 5. The van der Waals surface area contributed by atoms with Gasteiger partial charge in [-0.1, -0.05) is 82.1 Å². The molecule has 0 radical (unpaired) electrons. The van der Waals surface area contributed by atoms with Crippen molar-refractivity contribution in [3.63, 3.8) is 0 Å². The van der Waals surface area contributed by atoms with Crippen molar-refractivity contribution in [3.8, 4) is 62.5 Å². The second kappa shape index (κ2) is 20.9. The second-order valence-corrected chi connectivity index (χ2v) is 14.5. The van der Waals surface area contributed by atoms with Gasteiger partial charge in [0.15, 0.2) is 0 Å². The summed E-state index contributed by atoms with van der Waals surface area (Å²) < 4.78 is 19.0. The Hall–Kier alpha value is -5.63. The Balaban J connectivity index is 1.00. The molecule has 288 valence electrons. The van der Waals surface area contributed by atoms with Gasteiger partial charge in [0.1, 0.15) is 17.2 Å². The van der Waals surface area contributed by atoms with Gasteiger partial charge in [-0.15, -0.1) is 0 Å². The Morgan fingerprint density at radius 2 is 0.893 bits per heavy atom. The van der Waals surface area contributed by atoms with E-state index in [1.807, 2.05) is 85.3 Å². The first kappa shape index (κ1) is 38.6. The van der Waals surface area contributed by atoms with E-state index >= 15 is 0 Å². The van der Waals surface area contributed by atoms with Crippen LogP contribution in [0, 0.1) is 0 Å². The third kappa shape index (κ3) is 11.2. The number of hydrogen-bond donors (Lipinski definition) is 0. The van der Waals surface area contributed by atoms with Crippen molar-refractivity contribution in [2.24, 2.45) is 0 Å². The minimum atomic E-state index is 0.636. The molecule has 0 amide bonds. The van der Waals surface area contributed by atoms with Crippen LogP contribution < -0.4 is 14.2 Å². The van der Waals surface area contributed by atoms with Gasteiger partial charge in [-0.05, 0) is 98.3 Å². The molecular weight excluding hydrogens is 695 g/mol. The van der Waals surface area contributed by atoms with Crippen LogP contribution in [0.25, 0.3) is 45.3 Å². The molecule has 3 aliphatic heterocycles. The Morgan fingerprint density at radius 3 is 1.41 bits per heavy atom. The number of aryl methyl sites for hydroxylation is 1. The fourth-order valence-corrected chi connectivity index (χ4v) is 7.09. The smallest absolute Gasteiger partial charge is 0.137 e. The van der Waals surface area contributed by atoms with E-state index in [0.717, 1.165) is 120 Å². The number of ether oxygens (including phenoxy) is 3. The maximum atomic E-state index is 6.51. The highest BCUT2D eigenvalue weighted by molar-refractivity contribution is 5.79. The van der Waals surface area contributed by atoms with Crippen molar-refractivity contribution in [2.75, 3.05) is 19.8 Å². The summed E-state index contributed by atoms with van der Waals surface area (Å²) in [6, 6.07) is 30.4. The van der Waals surface area contributed by atoms with Crippen molar-refractivity contribution in [1.29, 1.82) is 0 Å². The fourth-order valence-electron chi connectivity index (χ4n) is 7.09. The average molecular weight is 748 g/mol. The monoisotopic (exact) mass is 747 g/mol. The predicted octanol–water partition coefficient (Wildman–Crippen LogP) is 11.8. The molecule has 1 aromatic carbocycles. The lowest BCUT2D eigenvalue weighted by molar-refractivity contribution is 0.289. The molecule has 6 aromatic rings. The minimum absolute atomic E-state index is 0.636. The highest BCUT2D eigenvalue weighted by Crippen LogP contribution is 2.40. The second-order valence-electron chi connectivity index (χ2n) is 14.5. The third-order valence-corrected chi connectivity index (χ3v) is 10.2. The highest BCUT2D eigenvalue weighted by atomic mass is 16.5. The topological polar surface area (TPSA) is 92.1 Å². The van der Waals surface area contributed by atoms with Crippen molar-refractivity contribution < 1.29 is 14.2 Å². The summed E-state index contributed by atoms with van der Waals surface area (Å²) in [6.07, 6.45) is 23.2. The van der Waals surface area contributed by atoms with Crippen molar-refractivity contribution in [3.05, 3.63) is 121 Å². The lowest BCUT2D eigenvalue weighted by atomic mass is 10.0. The van der Waals surface area contributed by atoms with E-state index in [9.17, 15) is 0 Å². The predicted molar refractivity (Wildman–Crippen MR) is 224 cm³/mol. The van der Waals surface area contributed by atoms with E-state index < -0.39 is 0 Å². The zero-order valence-corrected chi connectivity index (χ0v) is 32.5. The maximum absolute atomic E-state index is 6.51. The molecule has 0 atom stereocenters. The normalized spacial score (nSPS) is 15.4. The van der Waals surface area contributed by atoms with Gasteiger partial charge in [0.2, 0.25) is 0 Å². The van der Waals surface area contributed by atoms with Crippen LogP contribution in [0.2, 0.25) is 0 Å². The molecular formula is C48H53N5O3. The van der Waals surface area contributed by atoms with Crippen LogP contribution in [0.15, 0.2) is 116 Å². The lowest BCUT2D eigenvalue weighted by Crippen LogP contribution is -2.04. The average Bonchev–Trinajstić information content (AvgIpc) is 3.25. The summed E-state index contributed by atoms with van der Waals surface area (Å²) in [5.74, 6) is 2.38. The van der Waals surface area contributed by atoms with E-state index in [0.29, 0.717) is 19.8 Å². The molecule has 8 heterocycles. The molecule has 0 saturated carbocycles. The van der Waals surface area contributed by atoms with Crippen LogP contribution >= 0.6 is 0 Å². The molecule has 9 rings (SSSR count). The number of rotatable bonds is 2. The molecule has 8 nitrogen and oxygen atoms in total. The van der Waals surface area contributed by atoms with Gasteiger partial charge < -0.3 is 14.2 Å². The SMILES string of the molecule is c1ccc(-c2cc(-c3ccccn3)c3cc2OCCCCCCCCCc2ccc(nc2)-c2cccc(n2)-c2ccc(cn2)OCCCCCCCCO3)nc1. The highest BCUT2D eigenvalue weighted by Gasteiger charge is 2.17. The Kier molecular flexibility index (Phi) is 14.4. The van der Waals surface area contributed by atoms with Gasteiger partial charge >= 0.3 is 0 Å². The maximum Gasteiger partial charge on any atom is 0.137 e. The molecule has 8 heteroatoms. The van der Waals surface area contributed by atoms with Crippen molar-refractivity contribution in [1.82, 2.24) is 24.9 Å². The van der Waals surface area contributed by atoms with Crippen LogP contribution in [0.5, 0.6) is 17.2 Å². The van der Waals surface area contributed by atoms with Crippen LogP contribution in [-0.4, -0.2) is 44.7 Å². The summed E-state index contributed by atoms with van der Waals surface area (Å²) in [4.78, 5) is 23.7. The van der Waals surface area contributed by atoms with Crippen LogP contribution in [0.3, 0.4) is 0 Å². The first-order valence-electron chi connectivity index (χ1n) is 20.6. The molecule has 0 aliphatic carbocycles. The molecule has 0 unspecified atom stereocenters. The van der Waals surface area contributed by atoms with E-state index in [2.05, 4.69) is 39.2 Å². The largest absolute Gasteiger partial charge is 0.493 e. The van der Waals surface area contributed by atoms with Gasteiger partial charge in [-0.2, -0.15) is 0 Å². The van der Waals surface area contributed by atoms with Gasteiger partial charge in [-0.25, -0.2) is 4.98 Å². The van der Waals surface area contributed by atoms with Gasteiger partial charge in [0.05, 0.1) is 60.2 Å². The van der Waals surface area contributed by atoms with Crippen molar-refractivity contribution >= 4 is 0 Å². The number of aromatic nitrogens is 5. The summed E-state index contributed by atoms with van der Waals surface area (Å²) in [7, 11) is 0. The minimum Gasteiger partial charge on any atom is -0.493 e. The summed E-state index contributed by atoms with van der Waals surface area (Å²) in [6.45, 7) is 1.96. The van der Waals surface area contributed by atoms with Gasteiger partial charge in [0, 0.05) is 35.8 Å². The molecule has 5 aromatic heterocycles.